The first-order valence-corrected chi connectivity index (χ1v) is 55.8. The molecule has 0 spiro atoms. The summed E-state index contributed by atoms with van der Waals surface area (Å²) in [5.74, 6) is 10.6. The summed E-state index contributed by atoms with van der Waals surface area (Å²) in [4.78, 5) is 0. The van der Waals surface area contributed by atoms with Gasteiger partial charge in [-0.25, -0.2) is 0 Å². The van der Waals surface area contributed by atoms with E-state index in [0.717, 1.165) is 41.4 Å². The fourth-order valence-electron chi connectivity index (χ4n) is 25.9. The van der Waals surface area contributed by atoms with Crippen LogP contribution in [0.3, 0.4) is 0 Å². The van der Waals surface area contributed by atoms with Crippen LogP contribution in [0.25, 0.3) is 0 Å². The van der Waals surface area contributed by atoms with E-state index in [2.05, 4.69) is 158 Å². The van der Waals surface area contributed by atoms with E-state index < -0.39 is 0 Å². The largest absolute Gasteiger partial charge is 0.0654 e. The molecule has 115 heavy (non-hydrogen) atoms. The molecule has 0 amide bonds. The van der Waals surface area contributed by atoms with E-state index in [1.807, 2.05) is 0 Å². The molecule has 1 radical (unpaired) electrons. The molecule has 0 aromatic carbocycles. The molecular formula is C115H231. The Hall–Kier alpha value is 0. The SMILES string of the molecule is CCCCCCCCCC(C)C(CC(CCC)CCCCC)(C(C)CC(CCC)CCCCC)C(CC(C)CCCCCCCC)(CC(CCC)CCCCC)C(CCC(C)CCCCCCC)(CC(CCC)CCCCC)C(CCC)(CCCC(C)CCCCCC)[C](CC(CCC)CCCCC)C(CC)CCCCCCCC. The smallest absolute Gasteiger partial charge is 0.0140 e. The van der Waals surface area contributed by atoms with Crippen molar-refractivity contribution in [1.29, 1.82) is 0 Å². The zero-order chi connectivity index (χ0) is 85.4. The predicted octanol–water partition coefficient (Wildman–Crippen LogP) is 42.8. The Morgan fingerprint density at radius 3 is 0.913 bits per heavy atom. The van der Waals surface area contributed by atoms with Gasteiger partial charge in [-0.15, -0.1) is 0 Å². The molecule has 0 nitrogen and oxygen atoms in total. The molecule has 0 heteroatoms. The average molecular weight is 1610 g/mol. The van der Waals surface area contributed by atoms with E-state index in [9.17, 15) is 0 Å². The van der Waals surface area contributed by atoms with Gasteiger partial charge in [0.2, 0.25) is 0 Å². The van der Waals surface area contributed by atoms with Crippen molar-refractivity contribution in [1.82, 2.24) is 0 Å². The van der Waals surface area contributed by atoms with Gasteiger partial charge in [0.1, 0.15) is 0 Å². The Morgan fingerprint density at radius 1 is 0.200 bits per heavy atom. The average Bonchev–Trinajstić information content (AvgIpc) is 0.673. The molecule has 0 heterocycles. The lowest BCUT2D eigenvalue weighted by Crippen LogP contribution is -2.68. The Bertz CT molecular complexity index is 1940. The molecule has 0 aliphatic heterocycles. The minimum Gasteiger partial charge on any atom is -0.0654 e. The lowest BCUT2D eigenvalue weighted by Gasteiger charge is -2.74. The van der Waals surface area contributed by atoms with Gasteiger partial charge in [0.25, 0.3) is 0 Å². The molecule has 0 aromatic rings. The van der Waals surface area contributed by atoms with E-state index in [0.29, 0.717) is 23.7 Å². The van der Waals surface area contributed by atoms with Crippen LogP contribution < -0.4 is 0 Å². The van der Waals surface area contributed by atoms with Crippen molar-refractivity contribution in [3.63, 3.8) is 0 Å². The molecule has 0 N–H and O–H groups in total. The first kappa shape index (κ1) is 115. The molecule has 0 bridgehead atoms. The van der Waals surface area contributed by atoms with Crippen LogP contribution in [0.4, 0.5) is 0 Å². The normalized spacial score (nSPS) is 17.3. The Morgan fingerprint density at radius 2 is 0.504 bits per heavy atom. The molecule has 0 fully saturated rings. The molecule has 0 saturated heterocycles. The van der Waals surface area contributed by atoms with E-state index in [1.54, 1.807) is 12.8 Å². The summed E-state index contributed by atoms with van der Waals surface area (Å²) in [5, 5.41) is 0. The Balaban J connectivity index is 12.6. The van der Waals surface area contributed by atoms with Crippen molar-refractivity contribution in [3.8, 4) is 0 Å². The first-order chi connectivity index (χ1) is 55.9. The van der Waals surface area contributed by atoms with Crippen LogP contribution in [0.1, 0.15) is 647 Å². The van der Waals surface area contributed by atoms with Crippen LogP contribution in [-0.2, 0) is 0 Å². The summed E-state index contributed by atoms with van der Waals surface area (Å²) in [7, 11) is 0. The second-order valence-corrected chi connectivity index (χ2v) is 42.3. The van der Waals surface area contributed by atoms with Crippen LogP contribution >= 0.6 is 0 Å². The van der Waals surface area contributed by atoms with Gasteiger partial charge in [0, 0.05) is 0 Å². The number of hydrogen-bond donors (Lipinski definition) is 0. The molecule has 0 aliphatic carbocycles. The topological polar surface area (TPSA) is 0 Å². The third-order valence-electron chi connectivity index (χ3n) is 32.0. The molecule has 15 atom stereocenters. The monoisotopic (exact) mass is 1610 g/mol. The quantitative estimate of drug-likeness (QED) is 0.0533. The summed E-state index contributed by atoms with van der Waals surface area (Å²) in [6, 6.07) is 0. The van der Waals surface area contributed by atoms with Crippen molar-refractivity contribution < 1.29 is 0 Å². The number of rotatable bonds is 92. The van der Waals surface area contributed by atoms with Crippen LogP contribution in [0, 0.1) is 92.7 Å². The number of hydrogen-bond acceptors (Lipinski definition) is 0. The van der Waals surface area contributed by atoms with Crippen molar-refractivity contribution in [3.05, 3.63) is 5.92 Å². The minimum atomic E-state index is 0.129. The van der Waals surface area contributed by atoms with Gasteiger partial charge in [-0.2, -0.15) is 0 Å². The molecule has 0 aromatic heterocycles. The van der Waals surface area contributed by atoms with Crippen LogP contribution in [0.2, 0.25) is 0 Å². The maximum absolute atomic E-state index is 3.21. The van der Waals surface area contributed by atoms with Gasteiger partial charge in [0.05, 0.1) is 0 Å². The third-order valence-corrected chi connectivity index (χ3v) is 32.0. The van der Waals surface area contributed by atoms with Crippen LogP contribution in [0.5, 0.6) is 0 Å². The first-order valence-electron chi connectivity index (χ1n) is 55.8. The Kier molecular flexibility index (Phi) is 77.6. The lowest BCUT2D eigenvalue weighted by atomic mass is 9.29. The molecule has 0 saturated carbocycles. The van der Waals surface area contributed by atoms with Crippen molar-refractivity contribution in [2.75, 3.05) is 0 Å². The van der Waals surface area contributed by atoms with Crippen molar-refractivity contribution >= 4 is 0 Å². The molecular weight excluding hydrogens is 1380 g/mol. The molecule has 0 rings (SSSR count). The highest BCUT2D eigenvalue weighted by atomic mass is 14.8. The zero-order valence-electron chi connectivity index (χ0n) is 85.3. The van der Waals surface area contributed by atoms with Gasteiger partial charge in [-0.05, 0) is 157 Å². The molecule has 691 valence electrons. The minimum absolute atomic E-state index is 0.129. The summed E-state index contributed by atoms with van der Waals surface area (Å²) < 4.78 is 0. The van der Waals surface area contributed by atoms with Crippen LogP contribution in [0.15, 0.2) is 0 Å². The second-order valence-electron chi connectivity index (χ2n) is 42.3. The number of unbranched alkanes of at least 4 members (excludes halogenated alkanes) is 33. The van der Waals surface area contributed by atoms with Crippen molar-refractivity contribution in [2.24, 2.45) is 86.8 Å². The zero-order valence-corrected chi connectivity index (χ0v) is 85.3. The fraction of sp³-hybridized carbons (Fsp3) is 0.991. The van der Waals surface area contributed by atoms with Gasteiger partial charge in [-0.1, -0.05) is 583 Å². The molecule has 15 unspecified atom stereocenters. The van der Waals surface area contributed by atoms with Gasteiger partial charge >= 0.3 is 0 Å². The Labute approximate surface area is 734 Å². The predicted molar refractivity (Wildman–Crippen MR) is 532 cm³/mol. The highest BCUT2D eigenvalue weighted by molar-refractivity contribution is 5.26. The maximum Gasteiger partial charge on any atom is -0.0140 e. The molecule has 0 aliphatic rings. The van der Waals surface area contributed by atoms with E-state index in [1.165, 1.54) is 482 Å². The van der Waals surface area contributed by atoms with Gasteiger partial charge in [0.15, 0.2) is 0 Å². The summed E-state index contributed by atoms with van der Waals surface area (Å²) in [5.41, 5.74) is 0.576. The van der Waals surface area contributed by atoms with Gasteiger partial charge < -0.3 is 0 Å². The van der Waals surface area contributed by atoms with E-state index in [4.69, 9.17) is 0 Å². The highest BCUT2D eigenvalue weighted by Gasteiger charge is 2.72. The van der Waals surface area contributed by atoms with E-state index >= 15 is 0 Å². The third kappa shape index (κ3) is 47.2. The lowest BCUT2D eigenvalue weighted by molar-refractivity contribution is -0.247. The fourth-order valence-corrected chi connectivity index (χ4v) is 25.9. The highest BCUT2D eigenvalue weighted by Crippen LogP contribution is 2.80. The van der Waals surface area contributed by atoms with Crippen molar-refractivity contribution in [2.45, 2.75) is 647 Å². The summed E-state index contributed by atoms with van der Waals surface area (Å²) in [6.07, 6.45) is 110. The van der Waals surface area contributed by atoms with Gasteiger partial charge in [-0.3, -0.25) is 0 Å². The van der Waals surface area contributed by atoms with Crippen LogP contribution in [-0.4, -0.2) is 0 Å². The standard InChI is InChI=1S/C115H231/c1-23-40-50-55-58-61-71-83-103(21)115(99-109(78-37-15)88-67-49-32-10,104(22)94-105(74-33-11)84-63-45-28-6)114(98-108(77-36-14)87-66-48-31-9,96-102(20)81-70-60-56-51-41-24-2)113(97-107(76-35-13)86-65-47-30-8,93-90-101(19)80-69-59-53-43-26-4)112(91-38-16,92-73-82-100(18)79-68-54-44-27-5)111(95-106(75-34-12)85-64-46-29-7)110(39-17)89-72-62-57-52-42-25-3/h100-110H,23-99H2,1-22H3. The second kappa shape index (κ2) is 77.6. The summed E-state index contributed by atoms with van der Waals surface area (Å²) >= 11 is 0. The summed E-state index contributed by atoms with van der Waals surface area (Å²) in [6.45, 7) is 59.3. The van der Waals surface area contributed by atoms with E-state index in [-0.39, 0.29) is 21.7 Å². The maximum atomic E-state index is 3.21.